The molecule has 1 heterocycles. The lowest BCUT2D eigenvalue weighted by Gasteiger charge is -2.46. The molecular weight excluding hydrogens is 630 g/mol. The number of benzene rings is 5. The van der Waals surface area contributed by atoms with Crippen molar-refractivity contribution in [1.82, 2.24) is 0 Å². The minimum atomic E-state index is -0.778. The molecule has 0 radical (unpaired) electrons. The van der Waals surface area contributed by atoms with Gasteiger partial charge in [-0.05, 0) is 40.5 Å². The van der Waals surface area contributed by atoms with Crippen LogP contribution in [0.15, 0.2) is 146 Å². The standard InChI is InChI=1S/C42H43NO7/c1-45-41(44)35-23-14-24-36(25-35)43-38-40(48-28-33-19-10-4-11-20-33)39(47-27-32-17-8-3-9-18-32)37(30-46-26-31-15-6-2-7-16-31)50-42(38)49-29-34-21-12-5-13-22-34/h2-25,37-40,42-43H,26-30H2,1H3/t37-,38-,39-,40-,42-/m1/s1. The van der Waals surface area contributed by atoms with Crippen molar-refractivity contribution in [2.24, 2.45) is 0 Å². The van der Waals surface area contributed by atoms with Crippen LogP contribution in [-0.4, -0.2) is 50.3 Å². The highest BCUT2D eigenvalue weighted by Gasteiger charge is 2.48. The zero-order valence-electron chi connectivity index (χ0n) is 28.1. The van der Waals surface area contributed by atoms with E-state index >= 15 is 0 Å². The fraction of sp³-hybridized carbons (Fsp3) is 0.262. The third kappa shape index (κ3) is 9.88. The Hall–Kier alpha value is -4.83. The van der Waals surface area contributed by atoms with Crippen LogP contribution in [0.2, 0.25) is 0 Å². The lowest BCUT2D eigenvalue weighted by molar-refractivity contribution is -0.286. The Morgan fingerprint density at radius 1 is 0.600 bits per heavy atom. The van der Waals surface area contributed by atoms with Gasteiger partial charge in [0.15, 0.2) is 6.29 Å². The molecule has 1 aliphatic heterocycles. The maximum Gasteiger partial charge on any atom is 0.337 e. The van der Waals surface area contributed by atoms with E-state index in [1.807, 2.05) is 133 Å². The molecule has 8 nitrogen and oxygen atoms in total. The van der Waals surface area contributed by atoms with Crippen molar-refractivity contribution in [2.45, 2.75) is 57.1 Å². The van der Waals surface area contributed by atoms with Crippen molar-refractivity contribution in [2.75, 3.05) is 19.0 Å². The van der Waals surface area contributed by atoms with Gasteiger partial charge < -0.3 is 33.7 Å². The Balaban J connectivity index is 1.34. The minimum absolute atomic E-state index is 0.245. The molecule has 258 valence electrons. The largest absolute Gasteiger partial charge is 0.465 e. The molecule has 1 fully saturated rings. The van der Waals surface area contributed by atoms with Crippen LogP contribution in [0.1, 0.15) is 32.6 Å². The molecule has 50 heavy (non-hydrogen) atoms. The molecular formula is C42H43NO7. The molecule has 5 aromatic carbocycles. The quantitative estimate of drug-likeness (QED) is 0.107. The second-order valence-corrected chi connectivity index (χ2v) is 12.1. The molecule has 0 unspecified atom stereocenters. The first-order valence-electron chi connectivity index (χ1n) is 16.8. The number of hydrogen-bond donors (Lipinski definition) is 1. The van der Waals surface area contributed by atoms with E-state index in [-0.39, 0.29) is 6.61 Å². The van der Waals surface area contributed by atoms with Crippen molar-refractivity contribution in [3.8, 4) is 0 Å². The molecule has 0 aliphatic carbocycles. The fourth-order valence-electron chi connectivity index (χ4n) is 5.93. The molecule has 1 N–H and O–H groups in total. The SMILES string of the molecule is COC(=O)c1cccc(N[C@H]2[C@H](OCc3ccccc3)O[C@H](COCc3ccccc3)[C@@H](OCc3ccccc3)[C@@H]2OCc2ccccc2)c1. The summed E-state index contributed by atoms with van der Waals surface area (Å²) in [6, 6.07) is 46.7. The van der Waals surface area contributed by atoms with Crippen LogP contribution in [0.4, 0.5) is 5.69 Å². The topological polar surface area (TPSA) is 84.5 Å². The van der Waals surface area contributed by atoms with Crippen molar-refractivity contribution in [1.29, 1.82) is 0 Å². The number of anilines is 1. The number of rotatable bonds is 16. The van der Waals surface area contributed by atoms with Gasteiger partial charge in [0.05, 0.1) is 45.7 Å². The first kappa shape index (κ1) is 35.0. The molecule has 1 aliphatic rings. The van der Waals surface area contributed by atoms with Gasteiger partial charge in [-0.15, -0.1) is 0 Å². The van der Waals surface area contributed by atoms with E-state index in [1.54, 1.807) is 12.1 Å². The second kappa shape index (κ2) is 18.2. The van der Waals surface area contributed by atoms with E-state index in [0.717, 1.165) is 22.3 Å². The fourth-order valence-corrected chi connectivity index (χ4v) is 5.93. The van der Waals surface area contributed by atoms with Gasteiger partial charge in [0.25, 0.3) is 0 Å². The number of nitrogens with one attached hydrogen (secondary N) is 1. The molecule has 0 spiro atoms. The van der Waals surface area contributed by atoms with Crippen molar-refractivity contribution in [3.05, 3.63) is 173 Å². The molecule has 5 atom stereocenters. The average molecular weight is 674 g/mol. The van der Waals surface area contributed by atoms with Crippen LogP contribution in [0.25, 0.3) is 0 Å². The molecule has 6 rings (SSSR count). The Morgan fingerprint density at radius 2 is 1.10 bits per heavy atom. The summed E-state index contributed by atoms with van der Waals surface area (Å²) in [7, 11) is 1.37. The van der Waals surface area contributed by atoms with Crippen LogP contribution in [0, 0.1) is 0 Å². The number of carbonyl (C=O) groups excluding carboxylic acids is 1. The van der Waals surface area contributed by atoms with Crippen molar-refractivity contribution < 1.29 is 33.2 Å². The highest BCUT2D eigenvalue weighted by Crippen LogP contribution is 2.32. The normalized spacial score (nSPS) is 20.2. The van der Waals surface area contributed by atoms with Gasteiger partial charge in [-0.2, -0.15) is 0 Å². The number of hydrogen-bond acceptors (Lipinski definition) is 8. The summed E-state index contributed by atoms with van der Waals surface area (Å²) in [6.07, 6.45) is -2.45. The number of ether oxygens (including phenoxy) is 6. The lowest BCUT2D eigenvalue weighted by Crippen LogP contribution is -2.63. The molecule has 8 heteroatoms. The van der Waals surface area contributed by atoms with Crippen LogP contribution < -0.4 is 5.32 Å². The van der Waals surface area contributed by atoms with Gasteiger partial charge in [-0.25, -0.2) is 4.79 Å². The Kier molecular flexibility index (Phi) is 12.8. The average Bonchev–Trinajstić information content (AvgIpc) is 3.18. The predicted octanol–water partition coefficient (Wildman–Crippen LogP) is 7.58. The number of esters is 1. The summed E-state index contributed by atoms with van der Waals surface area (Å²) in [6.45, 7) is 1.65. The number of carbonyl (C=O) groups is 1. The first-order chi connectivity index (χ1) is 24.7. The summed E-state index contributed by atoms with van der Waals surface area (Å²) in [5.41, 5.74) is 5.21. The zero-order valence-corrected chi connectivity index (χ0v) is 28.1. The van der Waals surface area contributed by atoms with E-state index in [9.17, 15) is 4.79 Å². The Bertz CT molecular complexity index is 1720. The van der Waals surface area contributed by atoms with Crippen LogP contribution >= 0.6 is 0 Å². The molecule has 0 saturated carbocycles. The zero-order chi connectivity index (χ0) is 34.4. The van der Waals surface area contributed by atoms with Crippen LogP contribution in [0.5, 0.6) is 0 Å². The highest BCUT2D eigenvalue weighted by molar-refractivity contribution is 5.90. The smallest absolute Gasteiger partial charge is 0.337 e. The summed E-state index contributed by atoms with van der Waals surface area (Å²) >= 11 is 0. The monoisotopic (exact) mass is 673 g/mol. The van der Waals surface area contributed by atoms with Crippen molar-refractivity contribution >= 4 is 11.7 Å². The molecule has 5 aromatic rings. The molecule has 1 saturated heterocycles. The Morgan fingerprint density at radius 3 is 1.64 bits per heavy atom. The highest BCUT2D eigenvalue weighted by atomic mass is 16.7. The van der Waals surface area contributed by atoms with E-state index < -0.39 is 36.6 Å². The van der Waals surface area contributed by atoms with Crippen LogP contribution in [-0.2, 0) is 54.8 Å². The maximum absolute atomic E-state index is 12.5. The van der Waals surface area contributed by atoms with E-state index in [1.165, 1.54) is 7.11 Å². The third-order valence-electron chi connectivity index (χ3n) is 8.48. The molecule has 0 amide bonds. The minimum Gasteiger partial charge on any atom is -0.465 e. The maximum atomic E-state index is 12.5. The van der Waals surface area contributed by atoms with Gasteiger partial charge in [0.2, 0.25) is 0 Å². The van der Waals surface area contributed by atoms with Gasteiger partial charge in [-0.3, -0.25) is 0 Å². The van der Waals surface area contributed by atoms with Gasteiger partial charge in [-0.1, -0.05) is 127 Å². The first-order valence-corrected chi connectivity index (χ1v) is 16.8. The third-order valence-corrected chi connectivity index (χ3v) is 8.48. The van der Waals surface area contributed by atoms with E-state index in [2.05, 4.69) is 5.32 Å². The van der Waals surface area contributed by atoms with Crippen molar-refractivity contribution in [3.63, 3.8) is 0 Å². The van der Waals surface area contributed by atoms with Gasteiger partial charge >= 0.3 is 5.97 Å². The van der Waals surface area contributed by atoms with Gasteiger partial charge in [0, 0.05) is 5.69 Å². The molecule has 0 aromatic heterocycles. The Labute approximate surface area is 293 Å². The summed E-state index contributed by atoms with van der Waals surface area (Å²) in [5.74, 6) is -0.429. The van der Waals surface area contributed by atoms with E-state index in [4.69, 9.17) is 28.4 Å². The lowest BCUT2D eigenvalue weighted by atomic mass is 9.95. The number of methoxy groups -OCH3 is 1. The predicted molar refractivity (Wildman–Crippen MR) is 191 cm³/mol. The molecule has 0 bridgehead atoms. The second-order valence-electron chi connectivity index (χ2n) is 12.1. The summed E-state index contributed by atoms with van der Waals surface area (Å²) in [4.78, 5) is 12.5. The summed E-state index contributed by atoms with van der Waals surface area (Å²) in [5, 5.41) is 3.60. The van der Waals surface area contributed by atoms with Crippen LogP contribution in [0.3, 0.4) is 0 Å². The van der Waals surface area contributed by atoms with E-state index in [0.29, 0.717) is 37.7 Å². The summed E-state index contributed by atoms with van der Waals surface area (Å²) < 4.78 is 38.2. The van der Waals surface area contributed by atoms with Gasteiger partial charge in [0.1, 0.15) is 24.4 Å².